The van der Waals surface area contributed by atoms with Crippen LogP contribution in [0.2, 0.25) is 0 Å². The first-order valence-corrected chi connectivity index (χ1v) is 13.3. The van der Waals surface area contributed by atoms with Gasteiger partial charge in [0.1, 0.15) is 24.0 Å². The molecule has 5 rings (SSSR count). The number of ether oxygens (including phenoxy) is 2. The van der Waals surface area contributed by atoms with Crippen molar-refractivity contribution in [2.24, 2.45) is 0 Å². The Labute approximate surface area is 233 Å². The summed E-state index contributed by atoms with van der Waals surface area (Å²) in [6, 6.07) is 12.9. The van der Waals surface area contributed by atoms with Gasteiger partial charge in [-0.2, -0.15) is 13.2 Å². The van der Waals surface area contributed by atoms with Crippen molar-refractivity contribution < 1.29 is 35.8 Å². The third kappa shape index (κ3) is 7.86. The summed E-state index contributed by atoms with van der Waals surface area (Å²) >= 11 is 0. The lowest BCUT2D eigenvalue weighted by atomic mass is 10.0. The Morgan fingerprint density at radius 3 is 2.00 bits per heavy atom. The van der Waals surface area contributed by atoms with Gasteiger partial charge in [-0.25, -0.2) is 9.97 Å². The first-order chi connectivity index (χ1) is 19.5. The Hall–Kier alpha value is -3.90. The Bertz CT molecular complexity index is 1270. The number of nitrogens with one attached hydrogen (secondary N) is 1. The van der Waals surface area contributed by atoms with E-state index in [-0.39, 0.29) is 17.9 Å². The van der Waals surface area contributed by atoms with E-state index in [1.54, 1.807) is 12.1 Å². The second kappa shape index (κ2) is 11.9. The maximum absolute atomic E-state index is 12.8. The first kappa shape index (κ1) is 28.6. The van der Waals surface area contributed by atoms with Crippen molar-refractivity contribution in [1.29, 1.82) is 0 Å². The molecule has 0 aliphatic carbocycles. The zero-order chi connectivity index (χ0) is 29.0. The van der Waals surface area contributed by atoms with Crippen LogP contribution in [0.3, 0.4) is 0 Å². The number of nitrogens with zero attached hydrogens (tertiary/aromatic N) is 4. The number of hydrogen-bond donors (Lipinski definition) is 1. The molecule has 3 aromatic rings. The molecule has 220 valence electrons. The predicted molar refractivity (Wildman–Crippen MR) is 141 cm³/mol. The topological polar surface area (TPSA) is 62.8 Å². The van der Waals surface area contributed by atoms with Gasteiger partial charge in [0.25, 0.3) is 0 Å². The lowest BCUT2D eigenvalue weighted by molar-refractivity contribution is -0.274. The van der Waals surface area contributed by atoms with E-state index in [9.17, 15) is 26.3 Å². The van der Waals surface area contributed by atoms with Gasteiger partial charge in [-0.05, 0) is 61.4 Å². The molecule has 2 aliphatic heterocycles. The highest BCUT2D eigenvalue weighted by Crippen LogP contribution is 2.31. The van der Waals surface area contributed by atoms with Crippen LogP contribution in [-0.4, -0.2) is 54.7 Å². The number of halogens is 6. The Balaban J connectivity index is 1.08. The summed E-state index contributed by atoms with van der Waals surface area (Å²) < 4.78 is 85.6. The van der Waals surface area contributed by atoms with Gasteiger partial charge in [0.05, 0.1) is 5.56 Å². The summed E-state index contributed by atoms with van der Waals surface area (Å²) in [7, 11) is 0. The molecule has 1 N–H and O–H groups in total. The largest absolute Gasteiger partial charge is 0.573 e. The third-order valence-electron chi connectivity index (χ3n) is 7.19. The molecule has 2 aromatic carbocycles. The minimum absolute atomic E-state index is 0.0551. The van der Waals surface area contributed by atoms with Gasteiger partial charge in [0.2, 0.25) is 5.88 Å². The number of hydrogen-bond acceptors (Lipinski definition) is 7. The van der Waals surface area contributed by atoms with Crippen molar-refractivity contribution in [3.05, 3.63) is 66.5 Å². The highest BCUT2D eigenvalue weighted by Gasteiger charge is 2.32. The van der Waals surface area contributed by atoms with Crippen molar-refractivity contribution in [2.45, 2.75) is 50.4 Å². The van der Waals surface area contributed by atoms with Crippen molar-refractivity contribution in [1.82, 2.24) is 9.97 Å². The molecule has 41 heavy (non-hydrogen) atoms. The average molecular weight is 582 g/mol. The Morgan fingerprint density at radius 1 is 0.756 bits per heavy atom. The molecule has 2 aliphatic rings. The summed E-state index contributed by atoms with van der Waals surface area (Å²) in [4.78, 5) is 12.9. The fourth-order valence-corrected chi connectivity index (χ4v) is 5.07. The average Bonchev–Trinajstić information content (AvgIpc) is 2.94. The van der Waals surface area contributed by atoms with Crippen LogP contribution >= 0.6 is 0 Å². The van der Waals surface area contributed by atoms with Crippen LogP contribution in [0.4, 0.5) is 43.5 Å². The fourth-order valence-electron chi connectivity index (χ4n) is 5.07. The lowest BCUT2D eigenvalue weighted by Gasteiger charge is -2.34. The molecule has 1 aromatic heterocycles. The van der Waals surface area contributed by atoms with E-state index >= 15 is 0 Å². The molecule has 0 saturated carbocycles. The van der Waals surface area contributed by atoms with Gasteiger partial charge < -0.3 is 24.6 Å². The fraction of sp³-hybridized carbons (Fsp3) is 0.429. The number of rotatable bonds is 7. The minimum atomic E-state index is -4.72. The third-order valence-corrected chi connectivity index (χ3v) is 7.19. The quantitative estimate of drug-likeness (QED) is 0.319. The van der Waals surface area contributed by atoms with Crippen LogP contribution in [0.1, 0.15) is 31.2 Å². The van der Waals surface area contributed by atoms with Crippen LogP contribution in [0, 0.1) is 0 Å². The summed E-state index contributed by atoms with van der Waals surface area (Å²) in [5.74, 6) is 0.979. The van der Waals surface area contributed by atoms with Crippen molar-refractivity contribution >= 4 is 17.2 Å². The number of benzene rings is 2. The van der Waals surface area contributed by atoms with E-state index in [0.717, 1.165) is 62.4 Å². The standard InChI is InChI=1S/C28H29F6N5O2/c29-27(30,31)19-1-3-20(4-2-19)37-21-9-13-39(14-10-21)25-17-26(36-18-35-25)40-23-11-15-38(16-12-23)22-5-7-24(8-6-22)41-28(32,33)34/h1-8,17-18,21,23,37H,9-16H2. The van der Waals surface area contributed by atoms with Gasteiger partial charge in [-0.3, -0.25) is 0 Å². The molecule has 0 bridgehead atoms. The van der Waals surface area contributed by atoms with Crippen molar-refractivity contribution in [3.8, 4) is 11.6 Å². The van der Waals surface area contributed by atoms with Crippen LogP contribution in [-0.2, 0) is 6.18 Å². The molecule has 0 unspecified atom stereocenters. The Kier molecular flexibility index (Phi) is 8.32. The Morgan fingerprint density at radius 2 is 1.39 bits per heavy atom. The maximum Gasteiger partial charge on any atom is 0.573 e. The van der Waals surface area contributed by atoms with Crippen LogP contribution in [0.15, 0.2) is 60.9 Å². The maximum atomic E-state index is 12.8. The lowest BCUT2D eigenvalue weighted by Crippen LogP contribution is -2.39. The van der Waals surface area contributed by atoms with Gasteiger partial charge in [0.15, 0.2) is 0 Å². The van der Waals surface area contributed by atoms with E-state index in [1.165, 1.54) is 30.6 Å². The second-order valence-electron chi connectivity index (χ2n) is 10.0. The highest BCUT2D eigenvalue weighted by atomic mass is 19.4. The van der Waals surface area contributed by atoms with E-state index in [1.807, 2.05) is 6.07 Å². The minimum Gasteiger partial charge on any atom is -0.474 e. The summed E-state index contributed by atoms with van der Waals surface area (Å²) in [6.45, 7) is 2.81. The predicted octanol–water partition coefficient (Wildman–Crippen LogP) is 6.52. The summed E-state index contributed by atoms with van der Waals surface area (Å²) in [6.07, 6.45) is -4.62. The zero-order valence-electron chi connectivity index (χ0n) is 22.0. The molecule has 2 saturated heterocycles. The molecule has 0 spiro atoms. The van der Waals surface area contributed by atoms with E-state index < -0.39 is 18.1 Å². The van der Waals surface area contributed by atoms with Gasteiger partial charge >= 0.3 is 12.5 Å². The summed E-state index contributed by atoms with van der Waals surface area (Å²) in [5, 5.41) is 3.32. The molecule has 0 atom stereocenters. The van der Waals surface area contributed by atoms with Gasteiger partial charge in [-0.1, -0.05) is 0 Å². The van der Waals surface area contributed by atoms with E-state index in [4.69, 9.17) is 4.74 Å². The zero-order valence-corrected chi connectivity index (χ0v) is 22.0. The molecular weight excluding hydrogens is 552 g/mol. The highest BCUT2D eigenvalue weighted by molar-refractivity contribution is 5.50. The smallest absolute Gasteiger partial charge is 0.474 e. The van der Waals surface area contributed by atoms with E-state index in [0.29, 0.717) is 24.7 Å². The number of alkyl halides is 6. The van der Waals surface area contributed by atoms with Crippen LogP contribution in [0.25, 0.3) is 0 Å². The molecule has 7 nitrogen and oxygen atoms in total. The normalized spacial score (nSPS) is 17.4. The van der Waals surface area contributed by atoms with Crippen LogP contribution in [0.5, 0.6) is 11.6 Å². The number of aromatic nitrogens is 2. The molecule has 0 radical (unpaired) electrons. The van der Waals surface area contributed by atoms with Crippen molar-refractivity contribution in [3.63, 3.8) is 0 Å². The second-order valence-corrected chi connectivity index (χ2v) is 10.0. The van der Waals surface area contributed by atoms with Crippen LogP contribution < -0.4 is 24.6 Å². The first-order valence-electron chi connectivity index (χ1n) is 13.3. The molecular formula is C28H29F6N5O2. The number of piperidine rings is 2. The number of anilines is 3. The van der Waals surface area contributed by atoms with E-state index in [2.05, 4.69) is 29.8 Å². The van der Waals surface area contributed by atoms with Gasteiger partial charge in [-0.15, -0.1) is 13.2 Å². The molecule has 2 fully saturated rings. The summed E-state index contributed by atoms with van der Waals surface area (Å²) in [5.41, 5.74) is 0.810. The van der Waals surface area contributed by atoms with Gasteiger partial charge in [0, 0.05) is 62.5 Å². The molecule has 13 heteroatoms. The molecule has 3 heterocycles. The molecule has 0 amide bonds. The monoisotopic (exact) mass is 581 g/mol. The SMILES string of the molecule is FC(F)(F)Oc1ccc(N2CCC(Oc3cc(N4CCC(Nc5ccc(C(F)(F)F)cc5)CC4)ncn3)CC2)cc1. The van der Waals surface area contributed by atoms with Crippen molar-refractivity contribution in [2.75, 3.05) is 41.3 Å².